The first-order valence-electron chi connectivity index (χ1n) is 8.91. The van der Waals surface area contributed by atoms with E-state index < -0.39 is 5.82 Å². The van der Waals surface area contributed by atoms with E-state index in [1.54, 1.807) is 53.4 Å². The lowest BCUT2D eigenvalue weighted by atomic mass is 10.2. The number of benzene rings is 2. The van der Waals surface area contributed by atoms with Gasteiger partial charge in [0.15, 0.2) is 11.0 Å². The highest BCUT2D eigenvalue weighted by Gasteiger charge is 2.18. The van der Waals surface area contributed by atoms with Crippen LogP contribution < -0.4 is 5.32 Å². The predicted molar refractivity (Wildman–Crippen MR) is 110 cm³/mol. The van der Waals surface area contributed by atoms with Gasteiger partial charge in [0, 0.05) is 23.6 Å². The van der Waals surface area contributed by atoms with E-state index in [2.05, 4.69) is 20.5 Å². The van der Waals surface area contributed by atoms with Crippen LogP contribution in [0, 0.1) is 11.6 Å². The van der Waals surface area contributed by atoms with E-state index in [0.29, 0.717) is 16.7 Å². The van der Waals surface area contributed by atoms with Gasteiger partial charge < -0.3 is 5.32 Å². The summed E-state index contributed by atoms with van der Waals surface area (Å²) in [6.45, 7) is 0. The second-order valence-electron chi connectivity index (χ2n) is 6.17. The average Bonchev–Trinajstić information content (AvgIpc) is 3.19. The third kappa shape index (κ3) is 4.36. The summed E-state index contributed by atoms with van der Waals surface area (Å²) in [7, 11) is 0. The Morgan fingerprint density at radius 1 is 0.967 bits per heavy atom. The van der Waals surface area contributed by atoms with Crippen molar-refractivity contribution in [1.82, 2.24) is 19.7 Å². The summed E-state index contributed by atoms with van der Waals surface area (Å²) in [5, 5.41) is 11.4. The standard InChI is InChI=1S/C21H15F2N5OS/c22-15-5-7-16(8-6-15)28-20(14-9-11-24-12-10-14)26-27-21(28)30-13-19(29)25-18-4-2-1-3-17(18)23/h1-12H,13H2,(H,25,29). The van der Waals surface area contributed by atoms with Gasteiger partial charge in [-0.05, 0) is 48.5 Å². The lowest BCUT2D eigenvalue weighted by Gasteiger charge is -2.10. The maximum atomic E-state index is 13.7. The minimum absolute atomic E-state index is 0.00991. The average molecular weight is 423 g/mol. The van der Waals surface area contributed by atoms with Gasteiger partial charge >= 0.3 is 0 Å². The zero-order valence-corrected chi connectivity index (χ0v) is 16.3. The number of pyridine rings is 1. The number of thioether (sulfide) groups is 1. The van der Waals surface area contributed by atoms with Crippen molar-refractivity contribution < 1.29 is 13.6 Å². The number of anilines is 1. The molecule has 1 N–H and O–H groups in total. The Kier molecular flexibility index (Phi) is 5.80. The molecule has 0 bridgehead atoms. The number of aromatic nitrogens is 4. The Bertz CT molecular complexity index is 1170. The van der Waals surface area contributed by atoms with Gasteiger partial charge in [0.2, 0.25) is 5.91 Å². The van der Waals surface area contributed by atoms with Gasteiger partial charge in [-0.15, -0.1) is 10.2 Å². The second kappa shape index (κ2) is 8.83. The van der Waals surface area contributed by atoms with Crippen molar-refractivity contribution in [1.29, 1.82) is 0 Å². The number of carbonyl (C=O) groups excluding carboxylic acids is 1. The van der Waals surface area contributed by atoms with Crippen LogP contribution in [-0.4, -0.2) is 31.4 Å². The van der Waals surface area contributed by atoms with Crippen molar-refractivity contribution in [2.75, 3.05) is 11.1 Å². The molecule has 2 aromatic heterocycles. The highest BCUT2D eigenvalue weighted by molar-refractivity contribution is 7.99. The Morgan fingerprint density at radius 3 is 2.43 bits per heavy atom. The van der Waals surface area contributed by atoms with Crippen molar-refractivity contribution in [3.05, 3.63) is 84.7 Å². The van der Waals surface area contributed by atoms with Crippen LogP contribution in [0.25, 0.3) is 17.1 Å². The highest BCUT2D eigenvalue weighted by Crippen LogP contribution is 2.28. The number of nitrogens with one attached hydrogen (secondary N) is 1. The Hall–Kier alpha value is -3.59. The highest BCUT2D eigenvalue weighted by atomic mass is 32.2. The molecule has 6 nitrogen and oxygen atoms in total. The molecule has 150 valence electrons. The lowest BCUT2D eigenvalue weighted by Crippen LogP contribution is -2.15. The third-order valence-corrected chi connectivity index (χ3v) is 5.07. The largest absolute Gasteiger partial charge is 0.323 e. The van der Waals surface area contributed by atoms with Crippen molar-refractivity contribution >= 4 is 23.4 Å². The van der Waals surface area contributed by atoms with E-state index in [4.69, 9.17) is 0 Å². The summed E-state index contributed by atoms with van der Waals surface area (Å²) < 4.78 is 28.9. The number of para-hydroxylation sites is 1. The summed E-state index contributed by atoms with van der Waals surface area (Å²) in [5.41, 5.74) is 1.52. The second-order valence-corrected chi connectivity index (χ2v) is 7.11. The molecular weight excluding hydrogens is 408 g/mol. The van der Waals surface area contributed by atoms with Crippen LogP contribution in [0.4, 0.5) is 14.5 Å². The Morgan fingerprint density at radius 2 is 1.70 bits per heavy atom. The summed E-state index contributed by atoms with van der Waals surface area (Å²) in [5.74, 6) is -0.740. The minimum Gasteiger partial charge on any atom is -0.323 e. The number of hydrogen-bond acceptors (Lipinski definition) is 5. The van der Waals surface area contributed by atoms with Crippen LogP contribution in [0.1, 0.15) is 0 Å². The van der Waals surface area contributed by atoms with Gasteiger partial charge in [-0.2, -0.15) is 0 Å². The number of carbonyl (C=O) groups is 1. The first-order chi connectivity index (χ1) is 14.6. The molecule has 4 aromatic rings. The van der Waals surface area contributed by atoms with E-state index in [1.165, 1.54) is 24.3 Å². The van der Waals surface area contributed by atoms with E-state index in [1.807, 2.05) is 0 Å². The quantitative estimate of drug-likeness (QED) is 0.467. The van der Waals surface area contributed by atoms with Gasteiger partial charge in [0.05, 0.1) is 11.4 Å². The molecule has 9 heteroatoms. The number of hydrogen-bond donors (Lipinski definition) is 1. The molecule has 0 saturated carbocycles. The normalized spacial score (nSPS) is 10.7. The lowest BCUT2D eigenvalue weighted by molar-refractivity contribution is -0.113. The predicted octanol–water partition coefficient (Wildman–Crippen LogP) is 4.34. The zero-order chi connectivity index (χ0) is 20.9. The molecule has 0 spiro atoms. The zero-order valence-electron chi connectivity index (χ0n) is 15.5. The van der Waals surface area contributed by atoms with E-state index in [9.17, 15) is 13.6 Å². The summed E-state index contributed by atoms with van der Waals surface area (Å²) in [6, 6.07) is 15.4. The molecule has 0 unspecified atom stereocenters. The van der Waals surface area contributed by atoms with Crippen molar-refractivity contribution in [3.63, 3.8) is 0 Å². The molecular formula is C21H15F2N5OS. The topological polar surface area (TPSA) is 72.7 Å². The van der Waals surface area contributed by atoms with Crippen LogP contribution in [-0.2, 0) is 4.79 Å². The summed E-state index contributed by atoms with van der Waals surface area (Å²) in [6.07, 6.45) is 3.27. The molecule has 2 aromatic carbocycles. The fraction of sp³-hybridized carbons (Fsp3) is 0.0476. The molecule has 0 radical (unpaired) electrons. The van der Waals surface area contributed by atoms with Crippen molar-refractivity contribution in [2.24, 2.45) is 0 Å². The molecule has 0 atom stereocenters. The van der Waals surface area contributed by atoms with Gasteiger partial charge in [-0.1, -0.05) is 23.9 Å². The van der Waals surface area contributed by atoms with Crippen LogP contribution in [0.2, 0.25) is 0 Å². The van der Waals surface area contributed by atoms with E-state index in [-0.39, 0.29) is 23.2 Å². The van der Waals surface area contributed by atoms with Crippen LogP contribution in [0.3, 0.4) is 0 Å². The number of nitrogens with zero attached hydrogens (tertiary/aromatic N) is 4. The van der Waals surface area contributed by atoms with Gasteiger partial charge in [-0.25, -0.2) is 8.78 Å². The van der Waals surface area contributed by atoms with Gasteiger partial charge in [0.1, 0.15) is 11.6 Å². The summed E-state index contributed by atoms with van der Waals surface area (Å²) in [4.78, 5) is 16.3. The molecule has 0 fully saturated rings. The number of halogens is 2. The van der Waals surface area contributed by atoms with E-state index in [0.717, 1.165) is 17.3 Å². The molecule has 0 aliphatic rings. The molecule has 1 amide bonds. The number of amides is 1. The Labute approximate surface area is 175 Å². The molecule has 30 heavy (non-hydrogen) atoms. The van der Waals surface area contributed by atoms with Gasteiger partial charge in [0.25, 0.3) is 0 Å². The first-order valence-corrected chi connectivity index (χ1v) is 9.89. The van der Waals surface area contributed by atoms with Crippen molar-refractivity contribution in [3.8, 4) is 17.1 Å². The maximum absolute atomic E-state index is 13.7. The molecule has 0 saturated heterocycles. The van der Waals surface area contributed by atoms with Crippen LogP contribution in [0.15, 0.2) is 78.2 Å². The number of rotatable bonds is 6. The van der Waals surface area contributed by atoms with Crippen LogP contribution >= 0.6 is 11.8 Å². The molecule has 0 aliphatic carbocycles. The monoisotopic (exact) mass is 423 g/mol. The maximum Gasteiger partial charge on any atom is 0.234 e. The van der Waals surface area contributed by atoms with Gasteiger partial charge in [-0.3, -0.25) is 14.3 Å². The smallest absolute Gasteiger partial charge is 0.234 e. The molecule has 2 heterocycles. The fourth-order valence-corrected chi connectivity index (χ4v) is 3.51. The fourth-order valence-electron chi connectivity index (χ4n) is 2.75. The third-order valence-electron chi connectivity index (χ3n) is 4.14. The van der Waals surface area contributed by atoms with Crippen molar-refractivity contribution in [2.45, 2.75) is 5.16 Å². The Balaban J connectivity index is 1.60. The first kappa shape index (κ1) is 19.7. The SMILES string of the molecule is O=C(CSc1nnc(-c2ccncc2)n1-c1ccc(F)cc1)Nc1ccccc1F. The molecule has 0 aliphatic heterocycles. The van der Waals surface area contributed by atoms with Crippen LogP contribution in [0.5, 0.6) is 0 Å². The molecule has 4 rings (SSSR count). The minimum atomic E-state index is -0.509. The van der Waals surface area contributed by atoms with E-state index >= 15 is 0 Å². The summed E-state index contributed by atoms with van der Waals surface area (Å²) >= 11 is 1.14.